The summed E-state index contributed by atoms with van der Waals surface area (Å²) >= 11 is 0. The van der Waals surface area contributed by atoms with Crippen LogP contribution in [0.2, 0.25) is 0 Å². The van der Waals surface area contributed by atoms with Gasteiger partial charge in [0.2, 0.25) is 0 Å². The van der Waals surface area contributed by atoms with Crippen molar-refractivity contribution in [2.45, 2.75) is 18.4 Å². The Morgan fingerprint density at radius 2 is 1.81 bits per heavy atom. The second-order valence-corrected chi connectivity index (χ2v) is 6.22. The highest BCUT2D eigenvalue weighted by Gasteiger charge is 2.49. The van der Waals surface area contributed by atoms with E-state index in [2.05, 4.69) is 21.9 Å². The minimum atomic E-state index is -1.06. The summed E-state index contributed by atoms with van der Waals surface area (Å²) in [7, 11) is 0. The van der Waals surface area contributed by atoms with E-state index in [1.54, 1.807) is 0 Å². The monoisotopic (exact) mass is 289 g/mol. The Kier molecular flexibility index (Phi) is 3.87. The van der Waals surface area contributed by atoms with Gasteiger partial charge in [0.25, 0.3) is 0 Å². The number of aliphatic carboxylic acids is 1. The Bertz CT molecular complexity index is 496. The van der Waals surface area contributed by atoms with Gasteiger partial charge in [-0.3, -0.25) is 9.69 Å². The molecule has 114 valence electrons. The number of nitrogens with two attached hydrogens (primary N) is 1. The molecule has 2 aliphatic rings. The summed E-state index contributed by atoms with van der Waals surface area (Å²) in [5, 5.41) is 9.44. The van der Waals surface area contributed by atoms with Crippen LogP contribution in [0.15, 0.2) is 30.3 Å². The zero-order valence-corrected chi connectivity index (χ0v) is 12.2. The molecule has 5 heteroatoms. The van der Waals surface area contributed by atoms with Crippen molar-refractivity contribution in [3.8, 4) is 0 Å². The summed E-state index contributed by atoms with van der Waals surface area (Å²) in [4.78, 5) is 16.0. The molecule has 0 spiro atoms. The van der Waals surface area contributed by atoms with Gasteiger partial charge in [-0.05, 0) is 30.9 Å². The summed E-state index contributed by atoms with van der Waals surface area (Å²) < 4.78 is 0. The van der Waals surface area contributed by atoms with Gasteiger partial charge in [0.1, 0.15) is 5.54 Å². The number of piperazine rings is 1. The van der Waals surface area contributed by atoms with Crippen LogP contribution in [0.5, 0.6) is 0 Å². The minimum absolute atomic E-state index is 0.155. The van der Waals surface area contributed by atoms with E-state index in [1.807, 2.05) is 18.2 Å². The van der Waals surface area contributed by atoms with Crippen LogP contribution in [0.1, 0.15) is 12.8 Å². The predicted molar refractivity (Wildman–Crippen MR) is 82.4 cm³/mol. The van der Waals surface area contributed by atoms with E-state index in [1.165, 1.54) is 5.69 Å². The lowest BCUT2D eigenvalue weighted by Crippen LogP contribution is -2.60. The largest absolute Gasteiger partial charge is 0.480 e. The molecule has 0 amide bonds. The maximum absolute atomic E-state index is 11.5. The van der Waals surface area contributed by atoms with Crippen LogP contribution in [0.4, 0.5) is 5.69 Å². The predicted octanol–water partition coefficient (Wildman–Crippen LogP) is 1.00. The van der Waals surface area contributed by atoms with Crippen molar-refractivity contribution < 1.29 is 9.90 Å². The molecular formula is C16H23N3O2. The van der Waals surface area contributed by atoms with Crippen LogP contribution < -0.4 is 10.6 Å². The summed E-state index contributed by atoms with van der Waals surface area (Å²) in [6, 6.07) is 10.3. The molecule has 2 fully saturated rings. The molecule has 1 aliphatic heterocycles. The first kappa shape index (κ1) is 14.4. The van der Waals surface area contributed by atoms with Crippen molar-refractivity contribution in [1.82, 2.24) is 4.90 Å². The van der Waals surface area contributed by atoms with Gasteiger partial charge in [0.15, 0.2) is 0 Å². The summed E-state index contributed by atoms with van der Waals surface area (Å²) in [6.45, 7) is 4.05. The second-order valence-electron chi connectivity index (χ2n) is 6.22. The smallest absolute Gasteiger partial charge is 0.325 e. The van der Waals surface area contributed by atoms with E-state index in [-0.39, 0.29) is 5.92 Å². The maximum atomic E-state index is 11.5. The van der Waals surface area contributed by atoms with Gasteiger partial charge in [0, 0.05) is 38.4 Å². The van der Waals surface area contributed by atoms with E-state index < -0.39 is 11.5 Å². The van der Waals surface area contributed by atoms with Crippen LogP contribution in [-0.4, -0.2) is 54.2 Å². The molecule has 3 rings (SSSR count). The quantitative estimate of drug-likeness (QED) is 0.846. The lowest BCUT2D eigenvalue weighted by molar-refractivity contribution is -0.145. The van der Waals surface area contributed by atoms with Gasteiger partial charge >= 0.3 is 5.97 Å². The highest BCUT2D eigenvalue weighted by Crippen LogP contribution is 2.39. The van der Waals surface area contributed by atoms with Gasteiger partial charge in [0.05, 0.1) is 0 Å². The fourth-order valence-corrected chi connectivity index (χ4v) is 3.14. The fraction of sp³-hybridized carbons (Fsp3) is 0.562. The van der Waals surface area contributed by atoms with Gasteiger partial charge in [-0.2, -0.15) is 0 Å². The first-order chi connectivity index (χ1) is 10.1. The lowest BCUT2D eigenvalue weighted by Gasteiger charge is -2.39. The van der Waals surface area contributed by atoms with Crippen molar-refractivity contribution in [2.75, 3.05) is 37.6 Å². The van der Waals surface area contributed by atoms with Crippen LogP contribution in [0.3, 0.4) is 0 Å². The Morgan fingerprint density at radius 3 is 2.33 bits per heavy atom. The molecule has 1 unspecified atom stereocenters. The number of carbonyl (C=O) groups is 1. The topological polar surface area (TPSA) is 69.8 Å². The van der Waals surface area contributed by atoms with Gasteiger partial charge in [-0.15, -0.1) is 0 Å². The number of rotatable bonds is 5. The molecule has 1 aliphatic carbocycles. The first-order valence-electron chi connectivity index (χ1n) is 7.64. The summed E-state index contributed by atoms with van der Waals surface area (Å²) in [5.74, 6) is -0.697. The van der Waals surface area contributed by atoms with E-state index in [4.69, 9.17) is 5.73 Å². The molecule has 1 aromatic carbocycles. The molecule has 1 saturated heterocycles. The third kappa shape index (κ3) is 3.04. The Labute approximate surface area is 125 Å². The summed E-state index contributed by atoms with van der Waals surface area (Å²) in [5.41, 5.74) is 6.34. The average Bonchev–Trinajstić information content (AvgIpc) is 3.34. The molecule has 1 aromatic rings. The summed E-state index contributed by atoms with van der Waals surface area (Å²) in [6.07, 6.45) is 1.90. The molecule has 1 atom stereocenters. The van der Waals surface area contributed by atoms with Crippen molar-refractivity contribution in [2.24, 2.45) is 11.7 Å². The molecule has 21 heavy (non-hydrogen) atoms. The molecule has 1 heterocycles. The molecule has 3 N–H and O–H groups in total. The SMILES string of the molecule is NC(CN1CCN(c2ccccc2)CC1)(C(=O)O)C1CC1. The van der Waals surface area contributed by atoms with Crippen molar-refractivity contribution in [3.05, 3.63) is 30.3 Å². The van der Waals surface area contributed by atoms with E-state index in [0.717, 1.165) is 39.0 Å². The van der Waals surface area contributed by atoms with Crippen LogP contribution in [-0.2, 0) is 4.79 Å². The van der Waals surface area contributed by atoms with Gasteiger partial charge < -0.3 is 15.7 Å². The maximum Gasteiger partial charge on any atom is 0.325 e. The third-order valence-electron chi connectivity index (χ3n) is 4.68. The standard InChI is InChI=1S/C16H23N3O2/c17-16(15(20)21,13-6-7-13)12-18-8-10-19(11-9-18)14-4-2-1-3-5-14/h1-5,13H,6-12,17H2,(H,20,21). The normalized spacial score (nSPS) is 22.8. The van der Waals surface area contributed by atoms with Gasteiger partial charge in [-0.1, -0.05) is 18.2 Å². The van der Waals surface area contributed by atoms with Gasteiger partial charge in [-0.25, -0.2) is 0 Å². The van der Waals surface area contributed by atoms with Crippen molar-refractivity contribution in [1.29, 1.82) is 0 Å². The number of hydrogen-bond acceptors (Lipinski definition) is 4. The number of hydrogen-bond donors (Lipinski definition) is 2. The number of benzene rings is 1. The van der Waals surface area contributed by atoms with Crippen LogP contribution in [0.25, 0.3) is 0 Å². The molecule has 0 aromatic heterocycles. The Balaban J connectivity index is 1.57. The van der Waals surface area contributed by atoms with E-state index >= 15 is 0 Å². The van der Waals surface area contributed by atoms with Crippen LogP contribution >= 0.6 is 0 Å². The second kappa shape index (κ2) is 5.66. The zero-order valence-electron chi connectivity index (χ0n) is 12.2. The number of carboxylic acid groups (broad SMARTS) is 1. The molecular weight excluding hydrogens is 266 g/mol. The number of carboxylic acids is 1. The van der Waals surface area contributed by atoms with Crippen molar-refractivity contribution in [3.63, 3.8) is 0 Å². The Hall–Kier alpha value is -1.59. The van der Waals surface area contributed by atoms with E-state index in [9.17, 15) is 9.90 Å². The third-order valence-corrected chi connectivity index (χ3v) is 4.68. The number of para-hydroxylation sites is 1. The zero-order chi connectivity index (χ0) is 14.9. The first-order valence-corrected chi connectivity index (χ1v) is 7.64. The molecule has 5 nitrogen and oxygen atoms in total. The van der Waals surface area contributed by atoms with E-state index in [0.29, 0.717) is 6.54 Å². The highest BCUT2D eigenvalue weighted by atomic mass is 16.4. The molecule has 0 bridgehead atoms. The minimum Gasteiger partial charge on any atom is -0.480 e. The van der Waals surface area contributed by atoms with Crippen molar-refractivity contribution >= 4 is 11.7 Å². The average molecular weight is 289 g/mol. The number of anilines is 1. The fourth-order valence-electron chi connectivity index (χ4n) is 3.14. The molecule has 0 radical (unpaired) electrons. The lowest BCUT2D eigenvalue weighted by atomic mass is 9.93. The Morgan fingerprint density at radius 1 is 1.19 bits per heavy atom. The van der Waals surface area contributed by atoms with Crippen LogP contribution in [0, 0.1) is 5.92 Å². The number of nitrogens with zero attached hydrogens (tertiary/aromatic N) is 2. The molecule has 1 saturated carbocycles. The highest BCUT2D eigenvalue weighted by molar-refractivity contribution is 5.79.